The highest BCUT2D eigenvalue weighted by molar-refractivity contribution is 7.14. The Hall–Kier alpha value is -3.56. The molecule has 0 aliphatic carbocycles. The summed E-state index contributed by atoms with van der Waals surface area (Å²) in [6.45, 7) is 1.99. The molecule has 3 N–H and O–H groups in total. The molecule has 9 heteroatoms. The van der Waals surface area contributed by atoms with Gasteiger partial charge in [0.1, 0.15) is 11.9 Å². The van der Waals surface area contributed by atoms with E-state index >= 15 is 0 Å². The van der Waals surface area contributed by atoms with Gasteiger partial charge in [-0.15, -0.1) is 11.3 Å². The Morgan fingerprint density at radius 1 is 0.969 bits per heavy atom. The highest BCUT2D eigenvalue weighted by Gasteiger charge is 2.18. The number of hydrogen-bond acceptors (Lipinski definition) is 5. The average Bonchev–Trinajstić information content (AvgIpc) is 3.28. The summed E-state index contributed by atoms with van der Waals surface area (Å²) in [5, 5.41) is 5.33. The van der Waals surface area contributed by atoms with E-state index in [1.807, 2.05) is 30.3 Å². The second-order valence-corrected chi connectivity index (χ2v) is 8.06. The number of carbonyl (C=O) groups is 3. The molecular weight excluding hydrogens is 433 g/mol. The van der Waals surface area contributed by atoms with Crippen molar-refractivity contribution in [2.24, 2.45) is 0 Å². The first-order chi connectivity index (χ1) is 15.4. The third-order valence-electron chi connectivity index (χ3n) is 4.41. The Kier molecular flexibility index (Phi) is 8.07. The largest absolute Gasteiger partial charge is 0.347 e. The number of carbonyl (C=O) groups excluding carboxylic acids is 3. The molecular formula is C23H22FN3O4S. The van der Waals surface area contributed by atoms with Gasteiger partial charge >= 0.3 is 0 Å². The summed E-state index contributed by atoms with van der Waals surface area (Å²) in [7, 11) is 0. The monoisotopic (exact) mass is 455 g/mol. The van der Waals surface area contributed by atoms with Crippen LogP contribution in [0.1, 0.15) is 37.4 Å². The molecule has 166 valence electrons. The highest BCUT2D eigenvalue weighted by Crippen LogP contribution is 2.17. The van der Waals surface area contributed by atoms with Crippen LogP contribution in [0.4, 0.5) is 4.39 Å². The zero-order chi connectivity index (χ0) is 22.9. The first-order valence-electron chi connectivity index (χ1n) is 9.81. The van der Waals surface area contributed by atoms with Crippen LogP contribution in [0.25, 0.3) is 0 Å². The minimum Gasteiger partial charge on any atom is -0.347 e. The first-order valence-corrected chi connectivity index (χ1v) is 10.6. The maximum atomic E-state index is 13.0. The molecule has 0 radical (unpaired) electrons. The molecule has 0 aliphatic rings. The van der Waals surface area contributed by atoms with Gasteiger partial charge in [0.2, 0.25) is 0 Å². The van der Waals surface area contributed by atoms with Crippen LogP contribution in [0.5, 0.6) is 0 Å². The number of hydrogen-bond donors (Lipinski definition) is 3. The van der Waals surface area contributed by atoms with Gasteiger partial charge in [-0.1, -0.05) is 30.3 Å². The van der Waals surface area contributed by atoms with Crippen LogP contribution in [0, 0.1) is 5.82 Å². The predicted molar refractivity (Wildman–Crippen MR) is 118 cm³/mol. The third-order valence-corrected chi connectivity index (χ3v) is 5.49. The Bertz CT molecular complexity index is 1070. The second kappa shape index (κ2) is 11.2. The topological polar surface area (TPSA) is 96.5 Å². The molecule has 3 amide bonds. The molecule has 0 saturated heterocycles. The lowest BCUT2D eigenvalue weighted by atomic mass is 10.2. The van der Waals surface area contributed by atoms with Crippen molar-refractivity contribution in [2.75, 3.05) is 0 Å². The van der Waals surface area contributed by atoms with E-state index < -0.39 is 23.7 Å². The number of nitrogens with one attached hydrogen (secondary N) is 3. The third kappa shape index (κ3) is 6.73. The summed E-state index contributed by atoms with van der Waals surface area (Å²) < 4.78 is 13.0. The molecule has 1 heterocycles. The van der Waals surface area contributed by atoms with Crippen molar-refractivity contribution in [1.29, 1.82) is 0 Å². The van der Waals surface area contributed by atoms with Crippen LogP contribution >= 0.6 is 11.3 Å². The van der Waals surface area contributed by atoms with E-state index in [0.29, 0.717) is 10.4 Å². The molecule has 3 rings (SSSR count). The number of thiophene rings is 1. The lowest BCUT2D eigenvalue weighted by Crippen LogP contribution is -2.44. The fourth-order valence-corrected chi connectivity index (χ4v) is 3.50. The predicted octanol–water partition coefficient (Wildman–Crippen LogP) is 3.18. The van der Waals surface area contributed by atoms with E-state index in [1.54, 1.807) is 19.1 Å². The lowest BCUT2D eigenvalue weighted by Gasteiger charge is -2.13. The van der Waals surface area contributed by atoms with Gasteiger partial charge in [-0.25, -0.2) is 9.87 Å². The number of benzene rings is 2. The van der Waals surface area contributed by atoms with E-state index in [4.69, 9.17) is 4.84 Å². The van der Waals surface area contributed by atoms with Crippen LogP contribution in [0.15, 0.2) is 66.7 Å². The van der Waals surface area contributed by atoms with Gasteiger partial charge in [0.15, 0.2) is 0 Å². The van der Waals surface area contributed by atoms with Gasteiger partial charge in [-0.05, 0) is 48.9 Å². The fraction of sp³-hybridized carbons (Fsp3) is 0.174. The summed E-state index contributed by atoms with van der Waals surface area (Å²) >= 11 is 1.20. The number of rotatable bonds is 9. The Morgan fingerprint density at radius 2 is 1.69 bits per heavy atom. The average molecular weight is 456 g/mol. The summed E-state index contributed by atoms with van der Waals surface area (Å²) in [4.78, 5) is 43.0. The van der Waals surface area contributed by atoms with E-state index in [1.165, 1.54) is 35.6 Å². The molecule has 1 atom stereocenters. The Morgan fingerprint density at radius 3 is 2.41 bits per heavy atom. The van der Waals surface area contributed by atoms with Crippen LogP contribution < -0.4 is 16.1 Å². The summed E-state index contributed by atoms with van der Waals surface area (Å²) in [5.41, 5.74) is 3.57. The van der Waals surface area contributed by atoms with Crippen molar-refractivity contribution >= 4 is 29.1 Å². The lowest BCUT2D eigenvalue weighted by molar-refractivity contribution is -0.136. The van der Waals surface area contributed by atoms with Crippen molar-refractivity contribution in [1.82, 2.24) is 16.1 Å². The van der Waals surface area contributed by atoms with E-state index in [0.717, 1.165) is 10.4 Å². The minimum absolute atomic E-state index is 0.213. The molecule has 0 aliphatic heterocycles. The van der Waals surface area contributed by atoms with E-state index in [9.17, 15) is 18.8 Å². The van der Waals surface area contributed by atoms with E-state index in [2.05, 4.69) is 16.1 Å². The fourth-order valence-electron chi connectivity index (χ4n) is 2.65. The van der Waals surface area contributed by atoms with Crippen molar-refractivity contribution in [3.8, 4) is 0 Å². The van der Waals surface area contributed by atoms with Gasteiger partial charge in [-0.3, -0.25) is 19.2 Å². The molecule has 1 aromatic heterocycles. The maximum Gasteiger partial charge on any atom is 0.265 e. The van der Waals surface area contributed by atoms with Crippen LogP contribution in [0.3, 0.4) is 0 Å². The zero-order valence-electron chi connectivity index (χ0n) is 17.3. The molecule has 0 unspecified atom stereocenters. The van der Waals surface area contributed by atoms with Gasteiger partial charge in [0.05, 0.1) is 18.0 Å². The van der Waals surface area contributed by atoms with Gasteiger partial charge in [0.25, 0.3) is 17.7 Å². The maximum absolute atomic E-state index is 13.0. The van der Waals surface area contributed by atoms with Crippen LogP contribution in [-0.4, -0.2) is 23.8 Å². The Labute approximate surface area is 188 Å². The van der Waals surface area contributed by atoms with Gasteiger partial charge in [0, 0.05) is 10.4 Å². The summed E-state index contributed by atoms with van der Waals surface area (Å²) in [5.74, 6) is -1.64. The Balaban J connectivity index is 1.43. The number of hydroxylamine groups is 1. The highest BCUT2D eigenvalue weighted by atomic mass is 32.1. The van der Waals surface area contributed by atoms with Crippen LogP contribution in [-0.2, 0) is 22.8 Å². The molecule has 2 aromatic carbocycles. The quantitative estimate of drug-likeness (QED) is 0.432. The van der Waals surface area contributed by atoms with Crippen molar-refractivity contribution in [3.63, 3.8) is 0 Å². The summed E-state index contributed by atoms with van der Waals surface area (Å²) in [6, 6.07) is 17.1. The second-order valence-electron chi connectivity index (χ2n) is 6.89. The van der Waals surface area contributed by atoms with Gasteiger partial charge in [-0.2, -0.15) is 0 Å². The summed E-state index contributed by atoms with van der Waals surface area (Å²) in [6.07, 6.45) is 0. The van der Waals surface area contributed by atoms with Crippen molar-refractivity contribution in [2.45, 2.75) is 26.1 Å². The van der Waals surface area contributed by atoms with E-state index in [-0.39, 0.29) is 19.1 Å². The smallest absolute Gasteiger partial charge is 0.265 e. The SMILES string of the molecule is C[C@H](NC(=O)c1ccc(CNC(=O)c2ccc(F)cc2)s1)C(=O)NOCc1ccccc1. The molecule has 0 spiro atoms. The number of halogens is 1. The zero-order valence-corrected chi connectivity index (χ0v) is 18.1. The first kappa shape index (κ1) is 23.1. The van der Waals surface area contributed by atoms with Crippen molar-refractivity contribution < 1.29 is 23.6 Å². The van der Waals surface area contributed by atoms with Crippen molar-refractivity contribution in [3.05, 3.63) is 93.4 Å². The van der Waals surface area contributed by atoms with Crippen LogP contribution in [0.2, 0.25) is 0 Å². The molecule has 0 saturated carbocycles. The molecule has 7 nitrogen and oxygen atoms in total. The molecule has 3 aromatic rings. The minimum atomic E-state index is -0.804. The number of amides is 3. The normalized spacial score (nSPS) is 11.4. The molecule has 32 heavy (non-hydrogen) atoms. The molecule has 0 bridgehead atoms. The molecule has 0 fully saturated rings. The standard InChI is InChI=1S/C23H22FN3O4S/c1-15(21(28)27-31-14-16-5-3-2-4-6-16)26-23(30)20-12-11-19(32-20)13-25-22(29)17-7-9-18(24)10-8-17/h2-12,15H,13-14H2,1H3,(H,25,29)(H,26,30)(H,27,28)/t15-/m0/s1. The van der Waals surface area contributed by atoms with Gasteiger partial charge < -0.3 is 10.6 Å².